The predicted octanol–water partition coefficient (Wildman–Crippen LogP) is 0.534. The van der Waals surface area contributed by atoms with Crippen LogP contribution in [0.25, 0.3) is 0 Å². The van der Waals surface area contributed by atoms with Crippen LogP contribution in [0.5, 0.6) is 0 Å². The molecule has 1 aromatic carbocycles. The van der Waals surface area contributed by atoms with Gasteiger partial charge in [-0.15, -0.1) is 0 Å². The first-order valence-corrected chi connectivity index (χ1v) is 9.39. The number of urea groups is 1. The van der Waals surface area contributed by atoms with Crippen LogP contribution in [0.2, 0.25) is 0 Å². The van der Waals surface area contributed by atoms with Gasteiger partial charge in [0.15, 0.2) is 0 Å². The lowest BCUT2D eigenvalue weighted by atomic mass is 10.1. The molecule has 8 heteroatoms. The normalized spacial score (nSPS) is 11.1. The number of anilines is 1. The quantitative estimate of drug-likeness (QED) is 0.571. The van der Waals surface area contributed by atoms with E-state index in [2.05, 4.69) is 39.6 Å². The Morgan fingerprint density at radius 1 is 1.04 bits per heavy atom. The van der Waals surface area contributed by atoms with E-state index in [9.17, 15) is 13.2 Å². The van der Waals surface area contributed by atoms with Crippen molar-refractivity contribution < 1.29 is 13.2 Å². The molecule has 0 radical (unpaired) electrons. The van der Waals surface area contributed by atoms with Crippen molar-refractivity contribution in [2.75, 3.05) is 44.9 Å². The number of benzene rings is 1. The number of amides is 2. The van der Waals surface area contributed by atoms with E-state index in [-0.39, 0.29) is 19.1 Å². The Balaban J connectivity index is 2.13. The Morgan fingerprint density at radius 3 is 2.22 bits per heavy atom. The summed E-state index contributed by atoms with van der Waals surface area (Å²) < 4.78 is 24.0. The van der Waals surface area contributed by atoms with Gasteiger partial charge in [0, 0.05) is 39.4 Å². The minimum absolute atomic E-state index is 0.185. The summed E-state index contributed by atoms with van der Waals surface area (Å²) in [5.41, 5.74) is 2.39. The van der Waals surface area contributed by atoms with Gasteiger partial charge in [-0.05, 0) is 30.5 Å². The molecule has 3 N–H and O–H groups in total. The molecule has 23 heavy (non-hydrogen) atoms. The van der Waals surface area contributed by atoms with E-state index in [0.717, 1.165) is 24.8 Å². The highest BCUT2D eigenvalue weighted by Crippen LogP contribution is 2.13. The van der Waals surface area contributed by atoms with Crippen molar-refractivity contribution in [3.63, 3.8) is 0 Å². The number of hydrogen-bond acceptors (Lipinski definition) is 4. The van der Waals surface area contributed by atoms with E-state index in [0.29, 0.717) is 6.54 Å². The maximum absolute atomic E-state index is 11.5. The molecule has 7 nitrogen and oxygen atoms in total. The number of rotatable bonds is 9. The maximum atomic E-state index is 11.5. The summed E-state index contributed by atoms with van der Waals surface area (Å²) in [6, 6.07) is 8.04. The van der Waals surface area contributed by atoms with Crippen LogP contribution in [0.15, 0.2) is 24.3 Å². The summed E-state index contributed by atoms with van der Waals surface area (Å²) in [5, 5.41) is 5.34. The summed E-state index contributed by atoms with van der Waals surface area (Å²) >= 11 is 0. The van der Waals surface area contributed by atoms with Crippen LogP contribution < -0.4 is 20.3 Å². The van der Waals surface area contributed by atoms with Crippen LogP contribution >= 0.6 is 0 Å². The van der Waals surface area contributed by atoms with Crippen LogP contribution in [-0.2, 0) is 16.4 Å². The minimum atomic E-state index is -3.21. The Kier molecular flexibility index (Phi) is 7.84. The first-order valence-electron chi connectivity index (χ1n) is 7.50. The Bertz CT molecular complexity index is 585. The number of nitrogens with zero attached hydrogens (tertiary/aromatic N) is 1. The van der Waals surface area contributed by atoms with E-state index in [4.69, 9.17) is 0 Å². The third-order valence-electron chi connectivity index (χ3n) is 3.16. The summed E-state index contributed by atoms with van der Waals surface area (Å²) in [6.45, 7) is 1.01. The van der Waals surface area contributed by atoms with Gasteiger partial charge in [-0.25, -0.2) is 17.9 Å². The van der Waals surface area contributed by atoms with Gasteiger partial charge in [-0.2, -0.15) is 0 Å². The zero-order valence-electron chi connectivity index (χ0n) is 13.9. The number of nitrogens with one attached hydrogen (secondary N) is 3. The summed E-state index contributed by atoms with van der Waals surface area (Å²) in [7, 11) is 0.799. The zero-order chi connectivity index (χ0) is 17.3. The molecule has 0 bridgehead atoms. The zero-order valence-corrected chi connectivity index (χ0v) is 14.7. The molecule has 0 aliphatic heterocycles. The largest absolute Gasteiger partial charge is 0.378 e. The third-order valence-corrected chi connectivity index (χ3v) is 3.88. The summed E-state index contributed by atoms with van der Waals surface area (Å²) in [4.78, 5) is 13.5. The molecule has 0 saturated carbocycles. The second kappa shape index (κ2) is 9.36. The van der Waals surface area contributed by atoms with Crippen LogP contribution in [0.1, 0.15) is 12.0 Å². The molecule has 0 aliphatic carbocycles. The number of carbonyl (C=O) groups excluding carboxylic acids is 1. The monoisotopic (exact) mass is 342 g/mol. The van der Waals surface area contributed by atoms with Gasteiger partial charge < -0.3 is 15.5 Å². The molecule has 0 aromatic heterocycles. The van der Waals surface area contributed by atoms with Crippen molar-refractivity contribution in [1.29, 1.82) is 0 Å². The van der Waals surface area contributed by atoms with Crippen molar-refractivity contribution in [2.45, 2.75) is 12.8 Å². The molecule has 0 unspecified atom stereocenters. The van der Waals surface area contributed by atoms with E-state index in [1.165, 1.54) is 5.56 Å². The van der Waals surface area contributed by atoms with Crippen molar-refractivity contribution >= 4 is 21.7 Å². The molecule has 1 rings (SSSR count). The number of sulfonamides is 1. The van der Waals surface area contributed by atoms with Crippen molar-refractivity contribution in [3.8, 4) is 0 Å². The second-order valence-electron chi connectivity index (χ2n) is 5.51. The predicted molar refractivity (Wildman–Crippen MR) is 93.3 cm³/mol. The summed E-state index contributed by atoms with van der Waals surface area (Å²) in [6.07, 6.45) is 2.82. The Labute approximate surface area is 138 Å². The van der Waals surface area contributed by atoms with Gasteiger partial charge in [0.25, 0.3) is 0 Å². The molecule has 0 aliphatic rings. The maximum Gasteiger partial charge on any atom is 0.314 e. The van der Waals surface area contributed by atoms with Crippen molar-refractivity contribution in [2.24, 2.45) is 0 Å². The lowest BCUT2D eigenvalue weighted by molar-refractivity contribution is 0.241. The van der Waals surface area contributed by atoms with Gasteiger partial charge in [0.1, 0.15) is 0 Å². The van der Waals surface area contributed by atoms with E-state index in [1.54, 1.807) is 0 Å². The van der Waals surface area contributed by atoms with Crippen LogP contribution in [0.4, 0.5) is 10.5 Å². The topological polar surface area (TPSA) is 90.5 Å². The first-order chi connectivity index (χ1) is 10.8. The molecule has 0 heterocycles. The van der Waals surface area contributed by atoms with Crippen LogP contribution in [0.3, 0.4) is 0 Å². The molecule has 0 saturated heterocycles. The fraction of sp³-hybridized carbons (Fsp3) is 0.533. The molecule has 130 valence electrons. The van der Waals surface area contributed by atoms with Crippen LogP contribution in [0, 0.1) is 0 Å². The van der Waals surface area contributed by atoms with Crippen molar-refractivity contribution in [1.82, 2.24) is 15.4 Å². The first kappa shape index (κ1) is 19.2. The summed E-state index contributed by atoms with van der Waals surface area (Å²) in [5.74, 6) is 0. The molecule has 1 aromatic rings. The fourth-order valence-corrected chi connectivity index (χ4v) is 2.40. The SMILES string of the molecule is CN(C)c1ccc(CCCNC(=O)NCCNS(C)(=O)=O)cc1. The Morgan fingerprint density at radius 2 is 1.65 bits per heavy atom. The van der Waals surface area contributed by atoms with Crippen LogP contribution in [-0.4, -0.2) is 54.4 Å². The lowest BCUT2D eigenvalue weighted by Crippen LogP contribution is -2.40. The molecule has 0 atom stereocenters. The Hall–Kier alpha value is -1.80. The molecular weight excluding hydrogens is 316 g/mol. The highest BCUT2D eigenvalue weighted by Gasteiger charge is 2.02. The highest BCUT2D eigenvalue weighted by molar-refractivity contribution is 7.88. The average molecular weight is 342 g/mol. The molecule has 2 amide bonds. The van der Waals surface area contributed by atoms with E-state index in [1.807, 2.05) is 19.0 Å². The molecule has 0 spiro atoms. The highest BCUT2D eigenvalue weighted by atomic mass is 32.2. The average Bonchev–Trinajstić information content (AvgIpc) is 2.47. The lowest BCUT2D eigenvalue weighted by Gasteiger charge is -2.12. The number of aryl methyl sites for hydroxylation is 1. The minimum Gasteiger partial charge on any atom is -0.378 e. The smallest absolute Gasteiger partial charge is 0.314 e. The van der Waals surface area contributed by atoms with Crippen molar-refractivity contribution in [3.05, 3.63) is 29.8 Å². The second-order valence-corrected chi connectivity index (χ2v) is 7.35. The number of carbonyl (C=O) groups is 1. The van der Waals surface area contributed by atoms with Gasteiger partial charge >= 0.3 is 6.03 Å². The van der Waals surface area contributed by atoms with Gasteiger partial charge in [-0.1, -0.05) is 12.1 Å². The van der Waals surface area contributed by atoms with Gasteiger partial charge in [0.05, 0.1) is 6.26 Å². The molecular formula is C15H26N4O3S. The number of hydrogen-bond donors (Lipinski definition) is 3. The fourth-order valence-electron chi connectivity index (χ4n) is 1.93. The van der Waals surface area contributed by atoms with E-state index < -0.39 is 10.0 Å². The van der Waals surface area contributed by atoms with E-state index >= 15 is 0 Å². The van der Waals surface area contributed by atoms with Gasteiger partial charge in [-0.3, -0.25) is 0 Å². The standard InChI is InChI=1S/C15H26N4O3S/c1-19(2)14-8-6-13(7-9-14)5-4-10-16-15(20)17-11-12-18-23(3,21)22/h6-9,18H,4-5,10-12H2,1-3H3,(H2,16,17,20). The van der Waals surface area contributed by atoms with Gasteiger partial charge in [0.2, 0.25) is 10.0 Å². The third kappa shape index (κ3) is 9.04. The molecule has 0 fully saturated rings.